The van der Waals surface area contributed by atoms with Gasteiger partial charge >= 0.3 is 0 Å². The lowest BCUT2D eigenvalue weighted by atomic mass is 9.67. The van der Waals surface area contributed by atoms with Crippen molar-refractivity contribution >= 4 is 22.6 Å². The predicted molar refractivity (Wildman–Crippen MR) is 88.6 cm³/mol. The zero-order valence-corrected chi connectivity index (χ0v) is 14.2. The fourth-order valence-corrected chi connectivity index (χ4v) is 3.78. The van der Waals surface area contributed by atoms with Gasteiger partial charge in [0.1, 0.15) is 0 Å². The molecule has 4 atom stereocenters. The zero-order chi connectivity index (χ0) is 13.3. The lowest BCUT2D eigenvalue weighted by molar-refractivity contribution is 0.310. The van der Waals surface area contributed by atoms with Gasteiger partial charge in [0.25, 0.3) is 0 Å². The van der Waals surface area contributed by atoms with Crippen molar-refractivity contribution in [1.29, 1.82) is 0 Å². The van der Waals surface area contributed by atoms with Crippen molar-refractivity contribution in [2.75, 3.05) is 0 Å². The van der Waals surface area contributed by atoms with E-state index in [-0.39, 0.29) is 0 Å². The zero-order valence-electron chi connectivity index (χ0n) is 12.0. The Labute approximate surface area is 126 Å². The largest absolute Gasteiger partial charge is 0.0812 e. The molecule has 0 spiro atoms. The third kappa shape index (κ3) is 2.61. The first-order valence-electron chi connectivity index (χ1n) is 7.27. The maximum Gasteiger partial charge on any atom is 0.0247 e. The molecule has 0 amide bonds. The van der Waals surface area contributed by atoms with Crippen LogP contribution in [-0.2, 0) is 4.43 Å². The van der Waals surface area contributed by atoms with Gasteiger partial charge in [0.05, 0.1) is 0 Å². The molecule has 1 aromatic carbocycles. The average Bonchev–Trinajstić information content (AvgIpc) is 2.41. The van der Waals surface area contributed by atoms with E-state index >= 15 is 0 Å². The van der Waals surface area contributed by atoms with Gasteiger partial charge in [-0.25, -0.2) is 0 Å². The summed E-state index contributed by atoms with van der Waals surface area (Å²) >= 11 is 2.47. The molecule has 0 nitrogen and oxygen atoms in total. The molecule has 0 bridgehead atoms. The quantitative estimate of drug-likeness (QED) is 0.468. The molecule has 1 aliphatic carbocycles. The summed E-state index contributed by atoms with van der Waals surface area (Å²) in [5, 5.41) is 0. The third-order valence-corrected chi connectivity index (χ3v) is 5.89. The number of halogens is 1. The Morgan fingerprint density at radius 3 is 2.61 bits per heavy atom. The smallest absolute Gasteiger partial charge is 0.0247 e. The Morgan fingerprint density at radius 2 is 2.00 bits per heavy atom. The topological polar surface area (TPSA) is 0 Å². The van der Waals surface area contributed by atoms with Crippen LogP contribution in [0.2, 0.25) is 0 Å². The van der Waals surface area contributed by atoms with Crippen molar-refractivity contribution in [1.82, 2.24) is 0 Å². The lowest BCUT2D eigenvalue weighted by Gasteiger charge is -2.38. The van der Waals surface area contributed by atoms with E-state index in [0.717, 1.165) is 28.1 Å². The molecule has 1 heteroatoms. The number of hydrogen-bond acceptors (Lipinski definition) is 0. The van der Waals surface area contributed by atoms with Crippen LogP contribution in [0.3, 0.4) is 0 Å². The second kappa shape index (κ2) is 5.94. The van der Waals surface area contributed by atoms with Crippen LogP contribution < -0.4 is 0 Å². The number of rotatable bonds is 3. The molecule has 1 aromatic rings. The standard InChI is InChI=1S/C17H25I/c1-5-11(2)16-8-12(3)13(4)17-9-14(10-18)6-7-15(16)17/h6-7,9,11-13,16H,5,8,10H2,1-4H3. The SMILES string of the molecule is CCC(C)C1CC(C)C(C)c2cc(CI)ccc21. The van der Waals surface area contributed by atoms with Gasteiger partial charge in [-0.15, -0.1) is 0 Å². The van der Waals surface area contributed by atoms with Gasteiger partial charge in [-0.2, -0.15) is 0 Å². The van der Waals surface area contributed by atoms with E-state index in [4.69, 9.17) is 0 Å². The molecule has 0 radical (unpaired) electrons. The highest BCUT2D eigenvalue weighted by Gasteiger charge is 2.32. The number of alkyl halides is 1. The summed E-state index contributed by atoms with van der Waals surface area (Å²) < 4.78 is 1.13. The lowest BCUT2D eigenvalue weighted by Crippen LogP contribution is -2.24. The van der Waals surface area contributed by atoms with Gasteiger partial charge in [-0.3, -0.25) is 0 Å². The molecular weight excluding hydrogens is 331 g/mol. The fourth-order valence-electron chi connectivity index (χ4n) is 3.30. The normalized spacial score (nSPS) is 28.8. The Bertz CT molecular complexity index is 410. The number of fused-ring (bicyclic) bond motifs is 1. The van der Waals surface area contributed by atoms with Gasteiger partial charge in [0.2, 0.25) is 0 Å². The summed E-state index contributed by atoms with van der Waals surface area (Å²) in [7, 11) is 0. The van der Waals surface area contributed by atoms with Crippen LogP contribution in [0.4, 0.5) is 0 Å². The monoisotopic (exact) mass is 356 g/mol. The Kier molecular flexibility index (Phi) is 4.74. The highest BCUT2D eigenvalue weighted by molar-refractivity contribution is 14.1. The third-order valence-electron chi connectivity index (χ3n) is 5.01. The van der Waals surface area contributed by atoms with Gasteiger partial charge in [-0.1, -0.05) is 74.9 Å². The Balaban J connectivity index is 2.44. The first-order chi connectivity index (χ1) is 8.58. The van der Waals surface area contributed by atoms with Crippen molar-refractivity contribution in [2.45, 2.75) is 56.8 Å². The van der Waals surface area contributed by atoms with E-state index < -0.39 is 0 Å². The minimum absolute atomic E-state index is 0.725. The van der Waals surface area contributed by atoms with Crippen molar-refractivity contribution < 1.29 is 0 Å². The Hall–Kier alpha value is -0.0500. The van der Waals surface area contributed by atoms with E-state index in [1.54, 1.807) is 11.1 Å². The first-order valence-corrected chi connectivity index (χ1v) is 8.79. The van der Waals surface area contributed by atoms with Crippen LogP contribution in [0.15, 0.2) is 18.2 Å². The molecule has 0 saturated carbocycles. The van der Waals surface area contributed by atoms with Crippen LogP contribution in [0.1, 0.15) is 69.1 Å². The van der Waals surface area contributed by atoms with Crippen LogP contribution in [0.5, 0.6) is 0 Å². The molecule has 0 N–H and O–H groups in total. The maximum absolute atomic E-state index is 2.47. The summed E-state index contributed by atoms with van der Waals surface area (Å²) in [6, 6.07) is 7.23. The molecule has 4 unspecified atom stereocenters. The molecule has 100 valence electrons. The molecule has 0 fully saturated rings. The molecule has 0 aliphatic heterocycles. The predicted octanol–water partition coefficient (Wildman–Crippen LogP) is 5.89. The van der Waals surface area contributed by atoms with E-state index in [9.17, 15) is 0 Å². The summed E-state index contributed by atoms with van der Waals surface area (Å²) in [6.07, 6.45) is 2.66. The number of hydrogen-bond donors (Lipinski definition) is 0. The first kappa shape index (κ1) is 14.4. The molecule has 0 heterocycles. The van der Waals surface area contributed by atoms with Crippen molar-refractivity contribution in [3.63, 3.8) is 0 Å². The van der Waals surface area contributed by atoms with Crippen LogP contribution in [-0.4, -0.2) is 0 Å². The molecule has 2 rings (SSSR count). The van der Waals surface area contributed by atoms with E-state index in [1.165, 1.54) is 18.4 Å². The molecular formula is C17H25I. The molecule has 0 saturated heterocycles. The maximum atomic E-state index is 2.47. The highest BCUT2D eigenvalue weighted by atomic mass is 127. The highest BCUT2D eigenvalue weighted by Crippen LogP contribution is 2.46. The number of benzene rings is 1. The van der Waals surface area contributed by atoms with Gasteiger partial charge < -0.3 is 0 Å². The van der Waals surface area contributed by atoms with Gasteiger partial charge in [0.15, 0.2) is 0 Å². The van der Waals surface area contributed by atoms with Gasteiger partial charge in [-0.05, 0) is 46.8 Å². The van der Waals surface area contributed by atoms with E-state index in [0.29, 0.717) is 0 Å². The van der Waals surface area contributed by atoms with Crippen LogP contribution in [0, 0.1) is 11.8 Å². The van der Waals surface area contributed by atoms with E-state index in [2.05, 4.69) is 68.5 Å². The van der Waals surface area contributed by atoms with Crippen molar-refractivity contribution in [3.05, 3.63) is 34.9 Å². The van der Waals surface area contributed by atoms with E-state index in [1.807, 2.05) is 0 Å². The summed E-state index contributed by atoms with van der Waals surface area (Å²) in [6.45, 7) is 9.59. The minimum Gasteiger partial charge on any atom is -0.0812 e. The fraction of sp³-hybridized carbons (Fsp3) is 0.647. The molecule has 0 aromatic heterocycles. The minimum atomic E-state index is 0.725. The van der Waals surface area contributed by atoms with Gasteiger partial charge in [0, 0.05) is 4.43 Å². The summed E-state index contributed by atoms with van der Waals surface area (Å²) in [5.41, 5.74) is 4.76. The Morgan fingerprint density at radius 1 is 1.28 bits per heavy atom. The van der Waals surface area contributed by atoms with Crippen LogP contribution in [0.25, 0.3) is 0 Å². The van der Waals surface area contributed by atoms with Crippen LogP contribution >= 0.6 is 22.6 Å². The average molecular weight is 356 g/mol. The van der Waals surface area contributed by atoms with Crippen molar-refractivity contribution in [2.24, 2.45) is 11.8 Å². The summed E-state index contributed by atoms with van der Waals surface area (Å²) in [5.74, 6) is 3.13. The molecule has 18 heavy (non-hydrogen) atoms. The molecule has 1 aliphatic rings. The second-order valence-electron chi connectivity index (χ2n) is 6.09. The summed E-state index contributed by atoms with van der Waals surface area (Å²) in [4.78, 5) is 0. The second-order valence-corrected chi connectivity index (χ2v) is 6.85. The van der Waals surface area contributed by atoms with Crippen molar-refractivity contribution in [3.8, 4) is 0 Å².